The Hall–Kier alpha value is -1.00. The normalized spacial score (nSPS) is 10.5. The van der Waals surface area contributed by atoms with E-state index in [-0.39, 0.29) is 5.82 Å². The largest absolute Gasteiger partial charge is 0.399 e. The Bertz CT molecular complexity index is 531. The highest BCUT2D eigenvalue weighted by atomic mass is 79.9. The van der Waals surface area contributed by atoms with Crippen molar-refractivity contribution in [3.63, 3.8) is 0 Å². The monoisotopic (exact) mass is 311 g/mol. The van der Waals surface area contributed by atoms with E-state index in [0.29, 0.717) is 11.3 Å². The Labute approximate surface area is 112 Å². The van der Waals surface area contributed by atoms with Crippen molar-refractivity contribution in [1.29, 1.82) is 0 Å². The van der Waals surface area contributed by atoms with Gasteiger partial charge in [0.15, 0.2) is 0 Å². The molecule has 2 N–H and O–H groups in total. The number of halogens is 2. The van der Waals surface area contributed by atoms with Gasteiger partial charge in [0.2, 0.25) is 0 Å². The van der Waals surface area contributed by atoms with E-state index in [1.807, 2.05) is 30.3 Å². The molecule has 4 heteroatoms. The molecule has 2 aromatic rings. The molecule has 88 valence electrons. The van der Waals surface area contributed by atoms with E-state index >= 15 is 0 Å². The summed E-state index contributed by atoms with van der Waals surface area (Å²) in [5.41, 5.74) is 7.11. The maximum atomic E-state index is 13.6. The number of benzene rings is 2. The minimum atomic E-state index is -0.184. The quantitative estimate of drug-likeness (QED) is 0.669. The summed E-state index contributed by atoms with van der Waals surface area (Å²) in [5, 5.41) is 0. The molecule has 0 fully saturated rings. The highest BCUT2D eigenvalue weighted by Gasteiger charge is 2.03. The van der Waals surface area contributed by atoms with E-state index < -0.39 is 0 Å². The number of rotatable bonds is 3. The number of hydrogen-bond acceptors (Lipinski definition) is 2. The van der Waals surface area contributed by atoms with Crippen LogP contribution in [-0.4, -0.2) is 0 Å². The molecule has 0 atom stereocenters. The van der Waals surface area contributed by atoms with Crippen molar-refractivity contribution < 1.29 is 4.39 Å². The molecule has 0 bridgehead atoms. The van der Waals surface area contributed by atoms with Crippen LogP contribution in [0.4, 0.5) is 10.1 Å². The lowest BCUT2D eigenvalue weighted by molar-refractivity contribution is 0.616. The van der Waals surface area contributed by atoms with E-state index in [1.54, 1.807) is 17.8 Å². The summed E-state index contributed by atoms with van der Waals surface area (Å²) in [6, 6.07) is 12.7. The smallest absolute Gasteiger partial charge is 0.128 e. The second kappa shape index (κ2) is 5.56. The van der Waals surface area contributed by atoms with Gasteiger partial charge < -0.3 is 5.73 Å². The van der Waals surface area contributed by atoms with Crippen molar-refractivity contribution in [2.24, 2.45) is 0 Å². The van der Waals surface area contributed by atoms with E-state index in [2.05, 4.69) is 15.9 Å². The summed E-state index contributed by atoms with van der Waals surface area (Å²) in [4.78, 5) is 1.05. The first-order valence-electron chi connectivity index (χ1n) is 5.07. The fraction of sp³-hybridized carbons (Fsp3) is 0.0769. The molecule has 0 unspecified atom stereocenters. The Morgan fingerprint density at radius 3 is 2.71 bits per heavy atom. The van der Waals surface area contributed by atoms with Crippen molar-refractivity contribution in [3.05, 3.63) is 58.3 Å². The van der Waals surface area contributed by atoms with Crippen LogP contribution in [0.1, 0.15) is 5.56 Å². The third kappa shape index (κ3) is 3.48. The third-order valence-corrected chi connectivity index (χ3v) is 3.80. The standard InChI is InChI=1S/C13H11BrFNS/c14-10-5-4-9(13(15)6-10)8-17-12-3-1-2-11(16)7-12/h1-7H,8,16H2. The maximum Gasteiger partial charge on any atom is 0.128 e. The lowest BCUT2D eigenvalue weighted by atomic mass is 10.2. The van der Waals surface area contributed by atoms with Crippen LogP contribution in [0.3, 0.4) is 0 Å². The van der Waals surface area contributed by atoms with Crippen molar-refractivity contribution >= 4 is 33.4 Å². The number of nitrogen functional groups attached to an aromatic ring is 1. The minimum absolute atomic E-state index is 0.184. The molecule has 0 aromatic heterocycles. The molecule has 0 aliphatic carbocycles. The highest BCUT2D eigenvalue weighted by molar-refractivity contribution is 9.10. The molecule has 17 heavy (non-hydrogen) atoms. The molecule has 0 amide bonds. The van der Waals surface area contributed by atoms with Gasteiger partial charge in [-0.15, -0.1) is 11.8 Å². The Morgan fingerprint density at radius 2 is 2.00 bits per heavy atom. The van der Waals surface area contributed by atoms with Crippen LogP contribution in [0.5, 0.6) is 0 Å². The zero-order valence-electron chi connectivity index (χ0n) is 8.99. The lowest BCUT2D eigenvalue weighted by Crippen LogP contribution is -1.88. The molecule has 0 heterocycles. The predicted molar refractivity (Wildman–Crippen MR) is 74.5 cm³/mol. The highest BCUT2D eigenvalue weighted by Crippen LogP contribution is 2.26. The van der Waals surface area contributed by atoms with Gasteiger partial charge in [0.25, 0.3) is 0 Å². The van der Waals surface area contributed by atoms with Gasteiger partial charge in [0.05, 0.1) is 0 Å². The van der Waals surface area contributed by atoms with Crippen molar-refractivity contribution in [3.8, 4) is 0 Å². The van der Waals surface area contributed by atoms with Gasteiger partial charge >= 0.3 is 0 Å². The Morgan fingerprint density at radius 1 is 1.18 bits per heavy atom. The van der Waals surface area contributed by atoms with Crippen molar-refractivity contribution in [1.82, 2.24) is 0 Å². The summed E-state index contributed by atoms with van der Waals surface area (Å²) in [6.07, 6.45) is 0. The van der Waals surface area contributed by atoms with Gasteiger partial charge in [0.1, 0.15) is 5.82 Å². The van der Waals surface area contributed by atoms with E-state index in [9.17, 15) is 4.39 Å². The molecule has 0 spiro atoms. The van der Waals surface area contributed by atoms with Gasteiger partial charge in [-0.05, 0) is 35.9 Å². The molecule has 2 aromatic carbocycles. The second-order valence-electron chi connectivity index (χ2n) is 3.60. The van der Waals surface area contributed by atoms with Crippen LogP contribution < -0.4 is 5.73 Å². The first-order chi connectivity index (χ1) is 8.15. The fourth-order valence-corrected chi connectivity index (χ4v) is 2.69. The molecule has 0 aliphatic heterocycles. The average molecular weight is 312 g/mol. The van der Waals surface area contributed by atoms with Crippen molar-refractivity contribution in [2.45, 2.75) is 10.6 Å². The van der Waals surface area contributed by atoms with Crippen LogP contribution in [0.15, 0.2) is 51.8 Å². The summed E-state index contributed by atoms with van der Waals surface area (Å²) in [5.74, 6) is 0.415. The lowest BCUT2D eigenvalue weighted by Gasteiger charge is -2.04. The maximum absolute atomic E-state index is 13.6. The number of thioether (sulfide) groups is 1. The fourth-order valence-electron chi connectivity index (χ4n) is 1.40. The SMILES string of the molecule is Nc1cccc(SCc2ccc(Br)cc2F)c1. The number of anilines is 1. The van der Waals surface area contributed by atoms with Crippen LogP contribution in [0.2, 0.25) is 0 Å². The minimum Gasteiger partial charge on any atom is -0.399 e. The summed E-state index contributed by atoms with van der Waals surface area (Å²) in [7, 11) is 0. The Kier molecular flexibility index (Phi) is 4.07. The first-order valence-corrected chi connectivity index (χ1v) is 6.85. The summed E-state index contributed by atoms with van der Waals surface area (Å²) in [6.45, 7) is 0. The molecule has 2 rings (SSSR count). The topological polar surface area (TPSA) is 26.0 Å². The molecule has 0 saturated heterocycles. The average Bonchev–Trinajstić information content (AvgIpc) is 2.28. The summed E-state index contributed by atoms with van der Waals surface area (Å²) >= 11 is 4.81. The van der Waals surface area contributed by atoms with Crippen LogP contribution >= 0.6 is 27.7 Å². The number of nitrogens with two attached hydrogens (primary N) is 1. The molecule has 1 nitrogen and oxygen atoms in total. The van der Waals surface area contributed by atoms with E-state index in [1.165, 1.54) is 6.07 Å². The van der Waals surface area contributed by atoms with Crippen LogP contribution in [0.25, 0.3) is 0 Å². The zero-order valence-corrected chi connectivity index (χ0v) is 11.4. The molecule has 0 radical (unpaired) electrons. The van der Waals surface area contributed by atoms with E-state index in [4.69, 9.17) is 5.73 Å². The van der Waals surface area contributed by atoms with E-state index in [0.717, 1.165) is 15.1 Å². The Balaban J connectivity index is 2.07. The molecule has 0 saturated carbocycles. The zero-order chi connectivity index (χ0) is 12.3. The van der Waals surface area contributed by atoms with Crippen LogP contribution in [0, 0.1) is 5.82 Å². The van der Waals surface area contributed by atoms with Crippen LogP contribution in [-0.2, 0) is 5.75 Å². The predicted octanol–water partition coefficient (Wildman–Crippen LogP) is 4.46. The molecular formula is C13H11BrFNS. The van der Waals surface area contributed by atoms with Gasteiger partial charge in [-0.2, -0.15) is 0 Å². The van der Waals surface area contributed by atoms with Gasteiger partial charge in [0, 0.05) is 20.8 Å². The second-order valence-corrected chi connectivity index (χ2v) is 5.56. The molecular weight excluding hydrogens is 301 g/mol. The number of hydrogen-bond donors (Lipinski definition) is 1. The van der Waals surface area contributed by atoms with Crippen molar-refractivity contribution in [2.75, 3.05) is 5.73 Å². The first kappa shape index (κ1) is 12.5. The summed E-state index contributed by atoms with van der Waals surface area (Å²) < 4.78 is 14.3. The third-order valence-electron chi connectivity index (χ3n) is 2.27. The van der Waals surface area contributed by atoms with Gasteiger partial charge in [-0.1, -0.05) is 28.1 Å². The van der Waals surface area contributed by atoms with Gasteiger partial charge in [-0.25, -0.2) is 4.39 Å². The van der Waals surface area contributed by atoms with Gasteiger partial charge in [-0.3, -0.25) is 0 Å². The molecule has 0 aliphatic rings.